The van der Waals surface area contributed by atoms with Gasteiger partial charge in [0.05, 0.1) is 18.6 Å². The topological polar surface area (TPSA) is 69.3 Å². The van der Waals surface area contributed by atoms with Crippen molar-refractivity contribution in [3.8, 4) is 0 Å². The summed E-state index contributed by atoms with van der Waals surface area (Å²) in [6.07, 6.45) is 4.30. The number of aromatic amines is 1. The maximum atomic E-state index is 13.6. The lowest BCUT2D eigenvalue weighted by molar-refractivity contribution is -0.0492. The molecule has 1 unspecified atom stereocenters. The number of benzene rings is 2. The van der Waals surface area contributed by atoms with Gasteiger partial charge in [0.1, 0.15) is 0 Å². The van der Waals surface area contributed by atoms with Crippen LogP contribution in [0.25, 0.3) is 0 Å². The smallest absolute Gasteiger partial charge is 0.361 e. The number of imidazole rings is 1. The summed E-state index contributed by atoms with van der Waals surface area (Å²) in [4.78, 5) is 9.10. The summed E-state index contributed by atoms with van der Waals surface area (Å²) >= 11 is 0. The Labute approximate surface area is 191 Å². The molecule has 4 rings (SSSR count). The number of halogens is 3. The van der Waals surface area contributed by atoms with Crippen molar-refractivity contribution in [2.24, 2.45) is 0 Å². The van der Waals surface area contributed by atoms with Gasteiger partial charge in [0.2, 0.25) is 0 Å². The van der Waals surface area contributed by atoms with E-state index < -0.39 is 21.6 Å². The van der Waals surface area contributed by atoms with Gasteiger partial charge >= 0.3 is 15.5 Å². The first kappa shape index (κ1) is 23.3. The first-order chi connectivity index (χ1) is 15.7. The van der Waals surface area contributed by atoms with E-state index in [0.717, 1.165) is 22.5 Å². The number of nitrogens with one attached hydrogen (secondary N) is 1. The molecule has 0 saturated heterocycles. The Balaban J connectivity index is 1.77. The van der Waals surface area contributed by atoms with Crippen LogP contribution in [-0.4, -0.2) is 40.8 Å². The molecule has 2 aromatic carbocycles. The van der Waals surface area contributed by atoms with Gasteiger partial charge in [-0.25, -0.2) is 13.4 Å². The molecule has 0 aliphatic carbocycles. The number of fused-ring (bicyclic) bond motifs is 1. The van der Waals surface area contributed by atoms with Crippen molar-refractivity contribution in [2.75, 3.05) is 11.4 Å². The van der Waals surface area contributed by atoms with Crippen LogP contribution in [0.1, 0.15) is 28.8 Å². The van der Waals surface area contributed by atoms with Crippen molar-refractivity contribution in [1.29, 1.82) is 0 Å². The standard InChI is InChI=1S/C23H25F3N4O2S/c1-17-6-5-9-22-21(17)15-29(33(31,32)23(24,25)26)14-20(11-10-18-7-3-2-4-8-18)30(22)13-19-12-27-16-28-19/h2-9,12,16,20H,10-11,13-15H2,1H3,(H,27,28). The first-order valence-electron chi connectivity index (χ1n) is 10.6. The van der Waals surface area contributed by atoms with Gasteiger partial charge < -0.3 is 9.88 Å². The molecule has 1 aliphatic rings. The van der Waals surface area contributed by atoms with Crippen molar-refractivity contribution >= 4 is 15.7 Å². The molecule has 10 heteroatoms. The molecule has 1 N–H and O–H groups in total. The summed E-state index contributed by atoms with van der Waals surface area (Å²) in [6, 6.07) is 14.6. The molecule has 1 aromatic heterocycles. The number of H-pyrrole nitrogens is 1. The van der Waals surface area contributed by atoms with Crippen LogP contribution >= 0.6 is 0 Å². The predicted molar refractivity (Wildman–Crippen MR) is 120 cm³/mol. The summed E-state index contributed by atoms with van der Waals surface area (Å²) in [5.74, 6) is 0. The zero-order valence-electron chi connectivity index (χ0n) is 18.1. The summed E-state index contributed by atoms with van der Waals surface area (Å²) in [6.45, 7) is 1.56. The van der Waals surface area contributed by atoms with Gasteiger partial charge in [0, 0.05) is 31.0 Å². The quantitative estimate of drug-likeness (QED) is 0.571. The van der Waals surface area contributed by atoms with Crippen LogP contribution < -0.4 is 4.90 Å². The molecule has 6 nitrogen and oxygen atoms in total. The summed E-state index contributed by atoms with van der Waals surface area (Å²) in [5, 5.41) is 0. The van der Waals surface area contributed by atoms with Crippen LogP contribution in [0.4, 0.5) is 18.9 Å². The first-order valence-corrected chi connectivity index (χ1v) is 12.0. The highest BCUT2D eigenvalue weighted by Gasteiger charge is 2.51. The molecule has 0 radical (unpaired) electrons. The van der Waals surface area contributed by atoms with Gasteiger partial charge in [-0.2, -0.15) is 17.5 Å². The van der Waals surface area contributed by atoms with Crippen LogP contribution in [-0.2, 0) is 29.5 Å². The minimum Gasteiger partial charge on any atom is -0.361 e. The summed E-state index contributed by atoms with van der Waals surface area (Å²) < 4.78 is 66.2. The van der Waals surface area contributed by atoms with Crippen molar-refractivity contribution in [3.05, 3.63) is 83.4 Å². The molecule has 0 spiro atoms. The average Bonchev–Trinajstić information content (AvgIpc) is 3.22. The lowest BCUT2D eigenvalue weighted by atomic mass is 10.0. The number of rotatable bonds is 6. The molecule has 176 valence electrons. The van der Waals surface area contributed by atoms with Gasteiger partial charge in [-0.05, 0) is 42.5 Å². The zero-order valence-corrected chi connectivity index (χ0v) is 18.9. The maximum absolute atomic E-state index is 13.6. The Morgan fingerprint density at radius 3 is 2.55 bits per heavy atom. The Hall–Kier alpha value is -2.85. The lowest BCUT2D eigenvalue weighted by Crippen LogP contribution is -2.47. The van der Waals surface area contributed by atoms with E-state index in [1.54, 1.807) is 25.5 Å². The molecule has 0 bridgehead atoms. The van der Waals surface area contributed by atoms with E-state index >= 15 is 0 Å². The van der Waals surface area contributed by atoms with Gasteiger partial charge in [-0.15, -0.1) is 0 Å². The number of aryl methyl sites for hydroxylation is 2. The highest BCUT2D eigenvalue weighted by molar-refractivity contribution is 7.89. The van der Waals surface area contributed by atoms with Crippen molar-refractivity contribution in [2.45, 2.75) is 44.4 Å². The molecule has 0 amide bonds. The number of nitrogens with zero attached hydrogens (tertiary/aromatic N) is 3. The molecule has 3 aromatic rings. The van der Waals surface area contributed by atoms with Crippen molar-refractivity contribution in [3.63, 3.8) is 0 Å². The highest BCUT2D eigenvalue weighted by Crippen LogP contribution is 2.37. The monoisotopic (exact) mass is 478 g/mol. The summed E-state index contributed by atoms with van der Waals surface area (Å²) in [5.41, 5.74) is -1.47. The highest BCUT2D eigenvalue weighted by atomic mass is 32.2. The molecule has 1 atom stereocenters. The number of alkyl halides is 3. The van der Waals surface area contributed by atoms with Gasteiger partial charge in [0.15, 0.2) is 0 Å². The fourth-order valence-corrected chi connectivity index (χ4v) is 5.22. The third kappa shape index (κ3) is 4.91. The largest absolute Gasteiger partial charge is 0.511 e. The van der Waals surface area contributed by atoms with E-state index in [9.17, 15) is 21.6 Å². The molecule has 1 aliphatic heterocycles. The van der Waals surface area contributed by atoms with Crippen LogP contribution in [0.5, 0.6) is 0 Å². The van der Waals surface area contributed by atoms with Gasteiger partial charge in [-0.3, -0.25) is 0 Å². The van der Waals surface area contributed by atoms with E-state index in [-0.39, 0.29) is 13.1 Å². The minimum absolute atomic E-state index is 0.267. The van der Waals surface area contributed by atoms with E-state index in [0.29, 0.717) is 29.3 Å². The molecule has 0 saturated carbocycles. The number of anilines is 1. The predicted octanol–water partition coefficient (Wildman–Crippen LogP) is 4.39. The lowest BCUT2D eigenvalue weighted by Gasteiger charge is -2.34. The van der Waals surface area contributed by atoms with Crippen molar-refractivity contribution in [1.82, 2.24) is 14.3 Å². The van der Waals surface area contributed by atoms with E-state index in [2.05, 4.69) is 9.97 Å². The number of sulfonamides is 1. The van der Waals surface area contributed by atoms with E-state index in [4.69, 9.17) is 0 Å². The van der Waals surface area contributed by atoms with Crippen LogP contribution in [0.15, 0.2) is 61.1 Å². The third-order valence-corrected chi connectivity index (χ3v) is 7.56. The second-order valence-corrected chi connectivity index (χ2v) is 10.1. The molecular formula is C23H25F3N4O2S. The fraction of sp³-hybridized carbons (Fsp3) is 0.348. The maximum Gasteiger partial charge on any atom is 0.511 e. The van der Waals surface area contributed by atoms with E-state index in [1.807, 2.05) is 47.4 Å². The summed E-state index contributed by atoms with van der Waals surface area (Å²) in [7, 11) is -5.50. The second kappa shape index (κ2) is 9.18. The molecule has 2 heterocycles. The molecular weight excluding hydrogens is 453 g/mol. The zero-order chi connectivity index (χ0) is 23.6. The Morgan fingerprint density at radius 2 is 1.88 bits per heavy atom. The third-order valence-electron chi connectivity index (χ3n) is 6.02. The molecule has 33 heavy (non-hydrogen) atoms. The van der Waals surface area contributed by atoms with Gasteiger partial charge in [-0.1, -0.05) is 42.5 Å². The molecule has 0 fully saturated rings. The number of hydrogen-bond donors (Lipinski definition) is 1. The van der Waals surface area contributed by atoms with Crippen LogP contribution in [0, 0.1) is 6.92 Å². The normalized spacial score (nSPS) is 17.6. The van der Waals surface area contributed by atoms with Crippen LogP contribution in [0.3, 0.4) is 0 Å². The Bertz CT molecular complexity index is 1180. The van der Waals surface area contributed by atoms with Crippen LogP contribution in [0.2, 0.25) is 0 Å². The Morgan fingerprint density at radius 1 is 1.12 bits per heavy atom. The average molecular weight is 479 g/mol. The SMILES string of the molecule is Cc1cccc2c1CN(S(=O)(=O)C(F)(F)F)CC(CCc1ccccc1)N2Cc1cnc[nH]1. The number of aromatic nitrogens is 2. The van der Waals surface area contributed by atoms with Crippen molar-refractivity contribution < 1.29 is 21.6 Å². The fourth-order valence-electron chi connectivity index (χ4n) is 4.26. The Kier molecular flexibility index (Phi) is 6.49. The second-order valence-electron chi connectivity index (χ2n) is 8.20. The van der Waals surface area contributed by atoms with Gasteiger partial charge in [0.25, 0.3) is 0 Å². The number of hydrogen-bond acceptors (Lipinski definition) is 4. The minimum atomic E-state index is -5.50. The van der Waals surface area contributed by atoms with E-state index in [1.165, 1.54) is 0 Å².